The van der Waals surface area contributed by atoms with Gasteiger partial charge in [-0.3, -0.25) is 4.79 Å². The van der Waals surface area contributed by atoms with Crippen molar-refractivity contribution in [2.75, 3.05) is 0 Å². The fourth-order valence-electron chi connectivity index (χ4n) is 4.39. The second-order valence-corrected chi connectivity index (χ2v) is 19.0. The molecule has 0 aliphatic carbocycles. The topological polar surface area (TPSA) is 17.1 Å². The third kappa shape index (κ3) is 4.65. The van der Waals surface area contributed by atoms with E-state index in [-0.39, 0.29) is 0 Å². The van der Waals surface area contributed by atoms with Gasteiger partial charge < -0.3 is 0 Å². The van der Waals surface area contributed by atoms with Crippen LogP contribution in [-0.4, -0.2) is 22.4 Å². The van der Waals surface area contributed by atoms with Gasteiger partial charge in [-0.15, -0.1) is 5.54 Å². The van der Waals surface area contributed by atoms with Crippen LogP contribution < -0.4 is 0 Å². The van der Waals surface area contributed by atoms with Gasteiger partial charge in [-0.05, 0) is 16.6 Å². The summed E-state index contributed by atoms with van der Waals surface area (Å²) < 4.78 is 0. The van der Waals surface area contributed by atoms with Gasteiger partial charge in [0.25, 0.3) is 0 Å². The minimum Gasteiger partial charge on any atom is -0.297 e. The van der Waals surface area contributed by atoms with E-state index in [1.54, 1.807) is 0 Å². The van der Waals surface area contributed by atoms with E-state index < -0.39 is 16.1 Å². The molecule has 0 unspecified atom stereocenters. The van der Waals surface area contributed by atoms with Gasteiger partial charge >= 0.3 is 0 Å². The summed E-state index contributed by atoms with van der Waals surface area (Å²) in [6.45, 7) is 20.6. The number of halogens is 1. The van der Waals surface area contributed by atoms with E-state index in [0.29, 0.717) is 21.7 Å². The lowest BCUT2D eigenvalue weighted by Gasteiger charge is -2.38. The van der Waals surface area contributed by atoms with Crippen LogP contribution >= 0.6 is 11.6 Å². The first-order valence-electron chi connectivity index (χ1n) is 9.48. The first kappa shape index (κ1) is 23.7. The molecule has 0 heterocycles. The van der Waals surface area contributed by atoms with Crippen molar-refractivity contribution in [3.63, 3.8) is 0 Å². The Morgan fingerprint density at radius 3 is 1.54 bits per heavy atom. The van der Waals surface area contributed by atoms with Gasteiger partial charge in [-0.2, -0.15) is 0 Å². The van der Waals surface area contributed by atoms with Gasteiger partial charge in [-0.1, -0.05) is 98.0 Å². The average molecular weight is 385 g/mol. The van der Waals surface area contributed by atoms with Crippen molar-refractivity contribution < 1.29 is 4.79 Å². The van der Waals surface area contributed by atoms with Crippen LogP contribution in [0.25, 0.3) is 0 Å². The van der Waals surface area contributed by atoms with Gasteiger partial charge in [0.2, 0.25) is 0 Å². The molecule has 0 aliphatic rings. The van der Waals surface area contributed by atoms with Crippen LogP contribution in [0.5, 0.6) is 0 Å². The molecule has 0 amide bonds. The molecule has 0 aromatic heterocycles. The number of carbonyl (C=O) groups excluding carboxylic acids is 1. The summed E-state index contributed by atoms with van der Waals surface area (Å²) in [5.41, 5.74) is 5.53. The molecule has 0 bridgehead atoms. The maximum Gasteiger partial charge on any atom is 0.161 e. The molecular formula is C20H37ClOSi2. The molecule has 0 aliphatic heterocycles. The Morgan fingerprint density at radius 2 is 1.29 bits per heavy atom. The maximum atomic E-state index is 11.4. The van der Waals surface area contributed by atoms with Crippen molar-refractivity contribution in [3.8, 4) is 11.5 Å². The number of carbonyl (C=O) groups is 1. The molecule has 0 saturated carbocycles. The first-order valence-corrected chi connectivity index (χ1v) is 14.7. The molecule has 0 aromatic carbocycles. The first-order chi connectivity index (χ1) is 11.1. The fraction of sp³-hybridized carbons (Fsp3) is 0.750. The summed E-state index contributed by atoms with van der Waals surface area (Å²) in [6.07, 6.45) is 0.803. The van der Waals surface area contributed by atoms with E-state index in [2.05, 4.69) is 73.8 Å². The Kier molecular flexibility index (Phi) is 9.86. The van der Waals surface area contributed by atoms with Gasteiger partial charge in [0.05, 0.1) is 13.1 Å². The van der Waals surface area contributed by atoms with Crippen LogP contribution in [0.15, 0.2) is 10.2 Å². The smallest absolute Gasteiger partial charge is 0.161 e. The molecule has 1 nitrogen and oxygen atoms in total. The third-order valence-electron chi connectivity index (χ3n) is 6.17. The highest BCUT2D eigenvalue weighted by Crippen LogP contribution is 2.41. The largest absolute Gasteiger partial charge is 0.297 e. The number of rotatable bonds is 8. The number of aldehydes is 1. The minimum absolute atomic E-state index is 0.360. The molecule has 0 aromatic rings. The zero-order valence-electron chi connectivity index (χ0n) is 17.2. The summed E-state index contributed by atoms with van der Waals surface area (Å²) in [5.74, 6) is 3.54. The molecule has 0 radical (unpaired) electrons. The van der Waals surface area contributed by atoms with Crippen molar-refractivity contribution in [1.29, 1.82) is 0 Å². The fourth-order valence-corrected chi connectivity index (χ4v) is 13.8. The number of hydrogen-bond donors (Lipinski definition) is 0. The summed E-state index contributed by atoms with van der Waals surface area (Å²) >= 11 is 6.38. The molecule has 0 spiro atoms. The van der Waals surface area contributed by atoms with E-state index in [1.165, 1.54) is 0 Å². The van der Waals surface area contributed by atoms with Gasteiger partial charge in [0, 0.05) is 5.20 Å². The summed E-state index contributed by atoms with van der Waals surface area (Å²) in [4.78, 5) is 11.4. The molecule has 0 saturated heterocycles. The highest BCUT2D eigenvalue weighted by atomic mass is 35.5. The van der Waals surface area contributed by atoms with Crippen LogP contribution in [0.1, 0.15) is 62.3 Å². The number of allylic oxidation sites excluding steroid dienone is 2. The Hall–Kier alpha value is -0.306. The SMILES string of the molecule is CC[Si](CC)(CC)/C(C#C[Si](C(C)C)(C(C)C)C(C)C)=C(/Cl)C=O. The second kappa shape index (κ2) is 9.99. The van der Waals surface area contributed by atoms with Crippen LogP contribution in [0.2, 0.25) is 34.8 Å². The van der Waals surface area contributed by atoms with Crippen molar-refractivity contribution in [2.24, 2.45) is 0 Å². The predicted octanol–water partition coefficient (Wildman–Crippen LogP) is 6.95. The Balaban J connectivity index is 6.49. The zero-order valence-corrected chi connectivity index (χ0v) is 20.0. The maximum absolute atomic E-state index is 11.4. The monoisotopic (exact) mass is 384 g/mol. The average Bonchev–Trinajstić information content (AvgIpc) is 2.53. The van der Waals surface area contributed by atoms with Crippen LogP contribution in [-0.2, 0) is 4.79 Å². The van der Waals surface area contributed by atoms with Crippen molar-refractivity contribution >= 4 is 34.0 Å². The Labute approximate surface area is 157 Å². The van der Waals surface area contributed by atoms with Crippen LogP contribution in [0.3, 0.4) is 0 Å². The van der Waals surface area contributed by atoms with E-state index >= 15 is 0 Å². The lowest BCUT2D eigenvalue weighted by molar-refractivity contribution is -0.104. The molecule has 0 N–H and O–H groups in total. The predicted molar refractivity (Wildman–Crippen MR) is 115 cm³/mol. The summed E-state index contributed by atoms with van der Waals surface area (Å²) in [5, 5.41) is 1.37. The summed E-state index contributed by atoms with van der Waals surface area (Å²) in [7, 11) is -3.58. The lowest BCUT2D eigenvalue weighted by atomic mass is 10.5. The normalized spacial score (nSPS) is 13.9. The van der Waals surface area contributed by atoms with Crippen molar-refractivity contribution in [1.82, 2.24) is 0 Å². The Morgan fingerprint density at radius 1 is 0.917 bits per heavy atom. The van der Waals surface area contributed by atoms with Gasteiger partial charge in [0.15, 0.2) is 6.29 Å². The molecule has 0 atom stereocenters. The number of hydrogen-bond acceptors (Lipinski definition) is 1. The van der Waals surface area contributed by atoms with E-state index in [0.717, 1.165) is 29.6 Å². The van der Waals surface area contributed by atoms with Gasteiger partial charge in [-0.25, -0.2) is 0 Å². The molecule has 0 fully saturated rings. The standard InChI is InChI=1S/C20H37ClOSi2/c1-10-23(11-2,12-3)20(19(21)15-22)13-14-24(16(4)5,17(6)7)18(8)9/h15-18H,10-12H2,1-9H3/b20-19+. The highest BCUT2D eigenvalue weighted by Gasteiger charge is 2.42. The molecule has 0 rings (SSSR count). The highest BCUT2D eigenvalue weighted by molar-refractivity contribution is 6.92. The molecule has 24 heavy (non-hydrogen) atoms. The van der Waals surface area contributed by atoms with Crippen LogP contribution in [0.4, 0.5) is 0 Å². The zero-order chi connectivity index (χ0) is 19.1. The van der Waals surface area contributed by atoms with E-state index in [9.17, 15) is 4.79 Å². The molecular weight excluding hydrogens is 348 g/mol. The van der Waals surface area contributed by atoms with Crippen molar-refractivity contribution in [3.05, 3.63) is 10.2 Å². The molecule has 4 heteroatoms. The lowest BCUT2D eigenvalue weighted by Crippen LogP contribution is -2.43. The third-order valence-corrected chi connectivity index (χ3v) is 18.4. The van der Waals surface area contributed by atoms with Crippen molar-refractivity contribution in [2.45, 2.75) is 97.1 Å². The molecule has 138 valence electrons. The quantitative estimate of drug-likeness (QED) is 0.191. The van der Waals surface area contributed by atoms with Gasteiger partial charge in [0.1, 0.15) is 8.07 Å². The van der Waals surface area contributed by atoms with Crippen LogP contribution in [0, 0.1) is 11.5 Å². The summed E-state index contributed by atoms with van der Waals surface area (Å²) in [6, 6.07) is 3.27. The Bertz CT molecular complexity index is 475. The second-order valence-electron chi connectivity index (χ2n) is 7.83. The van der Waals surface area contributed by atoms with E-state index in [4.69, 9.17) is 11.6 Å². The minimum atomic E-state index is -1.81. The van der Waals surface area contributed by atoms with E-state index in [1.807, 2.05) is 0 Å².